The van der Waals surface area contributed by atoms with Crippen LogP contribution in [0.3, 0.4) is 0 Å². The maximum Gasteiger partial charge on any atom is 0.418 e. The van der Waals surface area contributed by atoms with E-state index in [2.05, 4.69) is 36.3 Å². The van der Waals surface area contributed by atoms with Gasteiger partial charge < -0.3 is 26.3 Å². The molecule has 2 aromatic heterocycles. The van der Waals surface area contributed by atoms with Crippen LogP contribution in [-0.2, 0) is 46.4 Å². The van der Waals surface area contributed by atoms with Gasteiger partial charge in [-0.2, -0.15) is 18.3 Å². The molecule has 11 nitrogen and oxygen atoms in total. The lowest BCUT2D eigenvalue weighted by Crippen LogP contribution is -2.67. The minimum Gasteiger partial charge on any atom is -0.378 e. The van der Waals surface area contributed by atoms with Crippen molar-refractivity contribution >= 4 is 45.8 Å². The average Bonchev–Trinajstić information content (AvgIpc) is 3.82. The van der Waals surface area contributed by atoms with Gasteiger partial charge in [0.05, 0.1) is 28.5 Å². The smallest absolute Gasteiger partial charge is 0.378 e. The molecule has 0 saturated carbocycles. The van der Waals surface area contributed by atoms with Crippen LogP contribution < -0.4 is 21.3 Å². The van der Waals surface area contributed by atoms with E-state index < -0.39 is 58.8 Å². The Bertz CT molecular complexity index is 1980. The van der Waals surface area contributed by atoms with Crippen LogP contribution in [0.25, 0.3) is 10.9 Å². The summed E-state index contributed by atoms with van der Waals surface area (Å²) in [5, 5.41) is 16.5. The maximum absolute atomic E-state index is 14.8. The highest BCUT2D eigenvalue weighted by Crippen LogP contribution is 2.40. The summed E-state index contributed by atoms with van der Waals surface area (Å²) < 4.78 is 58.4. The van der Waals surface area contributed by atoms with Gasteiger partial charge in [-0.05, 0) is 54.4 Å². The third kappa shape index (κ3) is 9.69. The Morgan fingerprint density at radius 1 is 1.02 bits per heavy atom. The summed E-state index contributed by atoms with van der Waals surface area (Å²) in [5.41, 5.74) is -1.36. The lowest BCUT2D eigenvalue weighted by Gasteiger charge is -2.40. The summed E-state index contributed by atoms with van der Waals surface area (Å²) in [6.45, 7) is 8.64. The van der Waals surface area contributed by atoms with E-state index in [4.69, 9.17) is 12.2 Å². The molecule has 296 valence electrons. The molecular formula is C39H48F4N8O3S. The summed E-state index contributed by atoms with van der Waals surface area (Å²) in [6.07, 6.45) is 0.0262. The van der Waals surface area contributed by atoms with Gasteiger partial charge in [0.2, 0.25) is 17.7 Å². The molecule has 1 aliphatic rings. The van der Waals surface area contributed by atoms with Gasteiger partial charge in [-0.15, -0.1) is 0 Å². The first-order chi connectivity index (χ1) is 26.2. The van der Waals surface area contributed by atoms with Crippen molar-refractivity contribution in [2.45, 2.75) is 103 Å². The van der Waals surface area contributed by atoms with Crippen LogP contribution >= 0.6 is 12.2 Å². The third-order valence-corrected chi connectivity index (χ3v) is 11.0. The number of para-hydroxylation sites is 1. The number of benzene rings is 2. The molecule has 16 heteroatoms. The number of carbonyl (C=O) groups excluding carboxylic acids is 3. The van der Waals surface area contributed by atoms with E-state index in [1.165, 1.54) is 30.6 Å². The highest BCUT2D eigenvalue weighted by atomic mass is 32.1. The Morgan fingerprint density at radius 3 is 2.42 bits per heavy atom. The molecule has 2 unspecified atom stereocenters. The number of aromatic amines is 1. The number of hydrogen-bond acceptors (Lipinski definition) is 6. The van der Waals surface area contributed by atoms with E-state index in [0.717, 1.165) is 6.07 Å². The SMILES string of the molecule is CCC(C)[C@H](NC(=O)Cc1ccccc1F)C(=O)N[C@]1(C(=O)NC(C(=S)NCCCn2cncn2)[C@@H](C)CC)CCc2[nH]c3c(C(F)(F)F)cccc3c2C1. The highest BCUT2D eigenvalue weighted by molar-refractivity contribution is 7.80. The van der Waals surface area contributed by atoms with Crippen molar-refractivity contribution in [3.63, 3.8) is 0 Å². The van der Waals surface area contributed by atoms with Crippen LogP contribution in [0.15, 0.2) is 55.1 Å². The molecule has 2 aromatic carbocycles. The summed E-state index contributed by atoms with van der Waals surface area (Å²) in [4.78, 5) is 49.7. The summed E-state index contributed by atoms with van der Waals surface area (Å²) in [7, 11) is 0. The van der Waals surface area contributed by atoms with Gasteiger partial charge >= 0.3 is 6.18 Å². The van der Waals surface area contributed by atoms with Crippen molar-refractivity contribution in [2.24, 2.45) is 11.8 Å². The minimum atomic E-state index is -4.62. The van der Waals surface area contributed by atoms with Gasteiger partial charge in [0.1, 0.15) is 30.1 Å². The van der Waals surface area contributed by atoms with Crippen LogP contribution in [0.1, 0.15) is 75.8 Å². The Kier molecular flexibility index (Phi) is 13.3. The van der Waals surface area contributed by atoms with Gasteiger partial charge in [0, 0.05) is 30.6 Å². The largest absolute Gasteiger partial charge is 0.418 e. The van der Waals surface area contributed by atoms with Crippen molar-refractivity contribution in [3.8, 4) is 0 Å². The van der Waals surface area contributed by atoms with Gasteiger partial charge in [-0.1, -0.05) is 83.1 Å². The number of alkyl halides is 3. The quantitative estimate of drug-likeness (QED) is 0.0568. The van der Waals surface area contributed by atoms with Crippen molar-refractivity contribution in [1.82, 2.24) is 41.0 Å². The molecule has 0 radical (unpaired) electrons. The van der Waals surface area contributed by atoms with Crippen LogP contribution in [-0.4, -0.2) is 66.6 Å². The first-order valence-corrected chi connectivity index (χ1v) is 19.0. The van der Waals surface area contributed by atoms with Gasteiger partial charge in [-0.3, -0.25) is 19.1 Å². The monoisotopic (exact) mass is 784 g/mol. The molecule has 55 heavy (non-hydrogen) atoms. The number of carbonyl (C=O) groups is 3. The molecule has 0 fully saturated rings. The molecular weight excluding hydrogens is 737 g/mol. The topological polar surface area (TPSA) is 146 Å². The fourth-order valence-corrected chi connectivity index (χ4v) is 7.40. The number of H-pyrrole nitrogens is 1. The van der Waals surface area contributed by atoms with E-state index in [1.54, 1.807) is 30.1 Å². The van der Waals surface area contributed by atoms with Crippen molar-refractivity contribution < 1.29 is 31.9 Å². The summed E-state index contributed by atoms with van der Waals surface area (Å²) in [5.74, 6) is -2.84. The number of nitrogens with zero attached hydrogens (tertiary/aromatic N) is 3. The molecule has 1 aliphatic carbocycles. The zero-order chi connectivity index (χ0) is 39.9. The van der Waals surface area contributed by atoms with Gasteiger partial charge in [0.15, 0.2) is 0 Å². The van der Waals surface area contributed by atoms with Crippen LogP contribution in [0.2, 0.25) is 0 Å². The molecule has 0 saturated heterocycles. The summed E-state index contributed by atoms with van der Waals surface area (Å²) in [6, 6.07) is 8.01. The van der Waals surface area contributed by atoms with E-state index in [0.29, 0.717) is 54.0 Å². The number of nitrogens with one attached hydrogen (secondary N) is 5. The van der Waals surface area contributed by atoms with Gasteiger partial charge in [0.25, 0.3) is 0 Å². The predicted molar refractivity (Wildman–Crippen MR) is 204 cm³/mol. The minimum absolute atomic E-state index is 0.0491. The molecule has 2 heterocycles. The average molecular weight is 785 g/mol. The van der Waals surface area contributed by atoms with E-state index in [1.807, 2.05) is 20.8 Å². The first-order valence-electron chi connectivity index (χ1n) is 18.6. The fourth-order valence-electron chi connectivity index (χ4n) is 7.01. The number of thiocarbonyl (C=S) groups is 1. The standard InChI is InChI=1S/C39H48F4N8O3S/c1-5-23(3)32(48-31(52)19-25-11-7-8-14-29(25)40)35(53)50-38(16-15-30-27(20-38)26-12-9-13-28(34(26)47-30)39(41,42)43)37(54)49-33(24(4)6-2)36(55)45-17-10-18-51-22-44-21-46-51/h7-9,11-14,21-24,32-33,47H,5-6,10,15-20H2,1-4H3,(H,45,55)(H,48,52)(H,49,54)(H,50,53)/t23?,24-,32-,33?,38+/m0/s1. The molecule has 4 aromatic rings. The Labute approximate surface area is 322 Å². The molecule has 0 aliphatic heterocycles. The molecule has 5 rings (SSSR count). The number of hydrogen-bond donors (Lipinski definition) is 5. The Morgan fingerprint density at radius 2 is 1.75 bits per heavy atom. The number of halogens is 4. The van der Waals surface area contributed by atoms with Crippen molar-refractivity contribution in [1.29, 1.82) is 0 Å². The number of amides is 3. The number of fused-ring (bicyclic) bond motifs is 3. The van der Waals surface area contributed by atoms with E-state index in [-0.39, 0.29) is 42.7 Å². The second kappa shape index (κ2) is 17.7. The van der Waals surface area contributed by atoms with Crippen molar-refractivity contribution in [3.05, 3.63) is 83.3 Å². The first kappa shape index (κ1) is 41.3. The van der Waals surface area contributed by atoms with E-state index >= 15 is 0 Å². The molecule has 3 amide bonds. The molecule has 0 bridgehead atoms. The predicted octanol–water partition coefficient (Wildman–Crippen LogP) is 5.57. The molecule has 5 N–H and O–H groups in total. The molecule has 5 atom stereocenters. The maximum atomic E-state index is 14.8. The van der Waals surface area contributed by atoms with Crippen LogP contribution in [0, 0.1) is 17.7 Å². The number of rotatable bonds is 16. The highest BCUT2D eigenvalue weighted by Gasteiger charge is 2.47. The van der Waals surface area contributed by atoms with Crippen molar-refractivity contribution in [2.75, 3.05) is 6.54 Å². The lowest BCUT2D eigenvalue weighted by atomic mass is 9.78. The normalized spacial score (nSPS) is 17.7. The Hall–Kier alpha value is -4.86. The second-order valence-electron chi connectivity index (χ2n) is 14.4. The molecule has 0 spiro atoms. The van der Waals surface area contributed by atoms with Crippen LogP contribution in [0.5, 0.6) is 0 Å². The number of aromatic nitrogens is 4. The second-order valence-corrected chi connectivity index (χ2v) is 14.8. The lowest BCUT2D eigenvalue weighted by molar-refractivity contribution is -0.137. The number of aryl methyl sites for hydroxylation is 2. The summed E-state index contributed by atoms with van der Waals surface area (Å²) >= 11 is 5.81. The third-order valence-electron chi connectivity index (χ3n) is 10.6. The Balaban J connectivity index is 1.45. The van der Waals surface area contributed by atoms with E-state index in [9.17, 15) is 31.9 Å². The zero-order valence-corrected chi connectivity index (χ0v) is 32.2. The zero-order valence-electron chi connectivity index (χ0n) is 31.4. The fraction of sp³-hybridized carbons (Fsp3) is 0.487. The van der Waals surface area contributed by atoms with Gasteiger partial charge in [-0.25, -0.2) is 9.37 Å². The van der Waals surface area contributed by atoms with Crippen LogP contribution in [0.4, 0.5) is 17.6 Å².